The van der Waals surface area contributed by atoms with Crippen LogP contribution in [-0.2, 0) is 16.4 Å². The first-order valence-electron chi connectivity index (χ1n) is 7.72. The molecule has 140 valence electrons. The molecule has 26 heavy (non-hydrogen) atoms. The Morgan fingerprint density at radius 3 is 2.23 bits per heavy atom. The fourth-order valence-electron chi connectivity index (χ4n) is 2.33. The van der Waals surface area contributed by atoms with Gasteiger partial charge in [0.1, 0.15) is 5.75 Å². The van der Waals surface area contributed by atoms with E-state index in [4.69, 9.17) is 4.74 Å². The van der Waals surface area contributed by atoms with Crippen LogP contribution in [0.4, 0.5) is 5.69 Å². The summed E-state index contributed by atoms with van der Waals surface area (Å²) < 4.78 is 32.0. The molecule has 0 radical (unpaired) electrons. The lowest BCUT2D eigenvalue weighted by molar-refractivity contribution is -0.384. The minimum absolute atomic E-state index is 0.108. The second-order valence-electron chi connectivity index (χ2n) is 6.10. The molecule has 9 heteroatoms. The Hall–Kier alpha value is -2.49. The van der Waals surface area contributed by atoms with Crippen molar-refractivity contribution in [2.75, 3.05) is 13.7 Å². The van der Waals surface area contributed by atoms with Crippen LogP contribution in [0, 0.1) is 10.1 Å². The molecule has 0 heterocycles. The molecule has 0 amide bonds. The van der Waals surface area contributed by atoms with E-state index in [1.807, 2.05) is 0 Å². The van der Waals surface area contributed by atoms with Gasteiger partial charge in [-0.3, -0.25) is 10.1 Å². The Morgan fingerprint density at radius 2 is 1.73 bits per heavy atom. The maximum atomic E-state index is 12.3. The summed E-state index contributed by atoms with van der Waals surface area (Å²) in [6, 6.07) is 11.6. The summed E-state index contributed by atoms with van der Waals surface area (Å²) >= 11 is 0. The van der Waals surface area contributed by atoms with Gasteiger partial charge in [-0.2, -0.15) is 0 Å². The summed E-state index contributed by atoms with van der Waals surface area (Å²) in [6.07, 6.45) is 0.236. The molecule has 1 unspecified atom stereocenters. The Bertz CT molecular complexity index is 861. The molecule has 0 aliphatic rings. The highest BCUT2D eigenvalue weighted by molar-refractivity contribution is 7.89. The van der Waals surface area contributed by atoms with Crippen LogP contribution in [0.3, 0.4) is 0 Å². The number of nitrogens with one attached hydrogen (secondary N) is 1. The van der Waals surface area contributed by atoms with Crippen molar-refractivity contribution in [3.05, 3.63) is 64.2 Å². The normalized spacial score (nSPS) is 13.8. The van der Waals surface area contributed by atoms with Crippen molar-refractivity contribution in [2.24, 2.45) is 0 Å². The number of ether oxygens (including phenoxy) is 1. The quantitative estimate of drug-likeness (QED) is 0.533. The molecule has 0 aliphatic carbocycles. The lowest BCUT2D eigenvalue weighted by Crippen LogP contribution is -2.42. The van der Waals surface area contributed by atoms with Crippen LogP contribution in [-0.4, -0.2) is 37.7 Å². The molecule has 0 saturated carbocycles. The van der Waals surface area contributed by atoms with Crippen LogP contribution in [0.1, 0.15) is 12.5 Å². The molecule has 2 N–H and O–H groups in total. The molecule has 0 aliphatic heterocycles. The van der Waals surface area contributed by atoms with Gasteiger partial charge in [0.05, 0.1) is 22.5 Å². The number of aliphatic hydroxyl groups is 1. The minimum atomic E-state index is -3.89. The fraction of sp³-hybridized carbons (Fsp3) is 0.294. The maximum absolute atomic E-state index is 12.3. The highest BCUT2D eigenvalue weighted by Crippen LogP contribution is 2.19. The van der Waals surface area contributed by atoms with Crippen LogP contribution < -0.4 is 9.46 Å². The molecule has 2 aromatic rings. The highest BCUT2D eigenvalue weighted by atomic mass is 32.2. The molecule has 1 atom stereocenters. The summed E-state index contributed by atoms with van der Waals surface area (Å²) in [5.74, 6) is 0.687. The molecule has 0 aromatic heterocycles. The van der Waals surface area contributed by atoms with Gasteiger partial charge in [0.2, 0.25) is 10.0 Å². The van der Waals surface area contributed by atoms with E-state index in [0.29, 0.717) is 5.75 Å². The van der Waals surface area contributed by atoms with E-state index in [0.717, 1.165) is 29.8 Å². The second kappa shape index (κ2) is 7.81. The molecule has 0 bridgehead atoms. The van der Waals surface area contributed by atoms with Gasteiger partial charge in [-0.05, 0) is 36.8 Å². The third kappa shape index (κ3) is 5.25. The molecular weight excluding hydrogens is 360 g/mol. The number of hydrogen-bond donors (Lipinski definition) is 2. The number of benzene rings is 2. The van der Waals surface area contributed by atoms with Gasteiger partial charge < -0.3 is 9.84 Å². The number of nitrogens with zero attached hydrogens (tertiary/aromatic N) is 1. The van der Waals surface area contributed by atoms with Gasteiger partial charge in [-0.15, -0.1) is 0 Å². The number of nitro groups is 1. The summed E-state index contributed by atoms with van der Waals surface area (Å²) in [5.41, 5.74) is -0.691. The van der Waals surface area contributed by atoms with Crippen molar-refractivity contribution >= 4 is 15.7 Å². The summed E-state index contributed by atoms with van der Waals surface area (Å²) in [5, 5.41) is 21.1. The largest absolute Gasteiger partial charge is 0.497 e. The molecule has 0 spiro atoms. The van der Waals surface area contributed by atoms with Crippen LogP contribution in [0.2, 0.25) is 0 Å². The second-order valence-corrected chi connectivity index (χ2v) is 7.86. The monoisotopic (exact) mass is 380 g/mol. The van der Waals surface area contributed by atoms with E-state index in [2.05, 4.69) is 4.72 Å². The first kappa shape index (κ1) is 19.8. The maximum Gasteiger partial charge on any atom is 0.269 e. The number of hydrogen-bond acceptors (Lipinski definition) is 6. The predicted octanol–water partition coefficient (Wildman–Crippen LogP) is 1.88. The smallest absolute Gasteiger partial charge is 0.269 e. The van der Waals surface area contributed by atoms with Gasteiger partial charge in [0.15, 0.2) is 0 Å². The van der Waals surface area contributed by atoms with Crippen LogP contribution in [0.25, 0.3) is 0 Å². The summed E-state index contributed by atoms with van der Waals surface area (Å²) in [7, 11) is -2.34. The van der Waals surface area contributed by atoms with Crippen molar-refractivity contribution in [1.82, 2.24) is 4.72 Å². The Labute approximate surface area is 151 Å². The van der Waals surface area contributed by atoms with Crippen LogP contribution in [0.5, 0.6) is 5.75 Å². The van der Waals surface area contributed by atoms with Crippen LogP contribution >= 0.6 is 0 Å². The topological polar surface area (TPSA) is 119 Å². The average molecular weight is 380 g/mol. The zero-order valence-corrected chi connectivity index (χ0v) is 15.2. The SMILES string of the molecule is COc1ccc(CC(C)(O)CNS(=O)(=O)c2ccc([N+](=O)[O-])cc2)cc1. The number of nitro benzene ring substituents is 1. The zero-order chi connectivity index (χ0) is 19.4. The van der Waals surface area contributed by atoms with Crippen molar-refractivity contribution in [3.8, 4) is 5.75 Å². The van der Waals surface area contributed by atoms with E-state index >= 15 is 0 Å². The van der Waals surface area contributed by atoms with Gasteiger partial charge in [-0.1, -0.05) is 12.1 Å². The zero-order valence-electron chi connectivity index (χ0n) is 14.4. The van der Waals surface area contributed by atoms with E-state index in [1.165, 1.54) is 6.92 Å². The molecule has 2 rings (SSSR count). The van der Waals surface area contributed by atoms with Crippen LogP contribution in [0.15, 0.2) is 53.4 Å². The van der Waals surface area contributed by atoms with E-state index in [-0.39, 0.29) is 23.5 Å². The Kier molecular flexibility index (Phi) is 5.96. The van der Waals surface area contributed by atoms with Crippen molar-refractivity contribution in [2.45, 2.75) is 23.8 Å². The number of non-ortho nitro benzene ring substituents is 1. The Balaban J connectivity index is 2.03. The average Bonchev–Trinajstić information content (AvgIpc) is 2.61. The predicted molar refractivity (Wildman–Crippen MR) is 95.6 cm³/mol. The van der Waals surface area contributed by atoms with Gasteiger partial charge >= 0.3 is 0 Å². The van der Waals surface area contributed by atoms with Gasteiger partial charge in [0, 0.05) is 25.1 Å². The Morgan fingerprint density at radius 1 is 1.15 bits per heavy atom. The first-order chi connectivity index (χ1) is 12.1. The number of rotatable bonds is 8. The summed E-state index contributed by atoms with van der Waals surface area (Å²) in [6.45, 7) is 1.31. The van der Waals surface area contributed by atoms with Crippen molar-refractivity contribution in [3.63, 3.8) is 0 Å². The third-order valence-corrected chi connectivity index (χ3v) is 5.16. The van der Waals surface area contributed by atoms with E-state index in [1.54, 1.807) is 31.4 Å². The van der Waals surface area contributed by atoms with Gasteiger partial charge in [-0.25, -0.2) is 13.1 Å². The van der Waals surface area contributed by atoms with Crippen molar-refractivity contribution in [1.29, 1.82) is 0 Å². The molecule has 0 fully saturated rings. The fourth-order valence-corrected chi connectivity index (χ4v) is 3.49. The lowest BCUT2D eigenvalue weighted by Gasteiger charge is -2.24. The minimum Gasteiger partial charge on any atom is -0.497 e. The van der Waals surface area contributed by atoms with E-state index in [9.17, 15) is 23.6 Å². The summed E-state index contributed by atoms with van der Waals surface area (Å²) in [4.78, 5) is 9.92. The standard InChI is InChI=1S/C17H20N2O6S/c1-17(20,11-13-3-7-15(25-2)8-4-13)12-18-26(23,24)16-9-5-14(6-10-16)19(21)22/h3-10,18,20H,11-12H2,1-2H3. The number of sulfonamides is 1. The van der Waals surface area contributed by atoms with E-state index < -0.39 is 20.5 Å². The molecule has 8 nitrogen and oxygen atoms in total. The van der Waals surface area contributed by atoms with Crippen molar-refractivity contribution < 1.29 is 23.2 Å². The highest BCUT2D eigenvalue weighted by Gasteiger charge is 2.25. The molecular formula is C17H20N2O6S. The van der Waals surface area contributed by atoms with Gasteiger partial charge in [0.25, 0.3) is 5.69 Å². The molecule has 2 aromatic carbocycles. The first-order valence-corrected chi connectivity index (χ1v) is 9.21. The lowest BCUT2D eigenvalue weighted by atomic mass is 9.97. The molecule has 0 saturated heterocycles. The third-order valence-electron chi connectivity index (χ3n) is 3.74. The number of methoxy groups -OCH3 is 1.